The largest absolute Gasteiger partial charge is 0.491 e. The molecule has 1 aromatic heterocycles. The van der Waals surface area contributed by atoms with Gasteiger partial charge in [-0.1, -0.05) is 12.1 Å². The molecule has 84 valence electrons. The van der Waals surface area contributed by atoms with E-state index in [4.69, 9.17) is 10.5 Å². The lowest BCUT2D eigenvalue weighted by molar-refractivity contribution is 0.242. The number of nitrogens with two attached hydrogens (primary N) is 1. The maximum absolute atomic E-state index is 5.71. The van der Waals surface area contributed by atoms with Gasteiger partial charge in [0, 0.05) is 5.38 Å². The molecular formula is C13H15NOS. The molecule has 0 spiro atoms. The molecule has 0 aliphatic rings. The van der Waals surface area contributed by atoms with Crippen molar-refractivity contribution in [1.82, 2.24) is 0 Å². The average Bonchev–Trinajstić information content (AvgIpc) is 2.65. The molecule has 0 fully saturated rings. The van der Waals surface area contributed by atoms with E-state index in [0.717, 1.165) is 10.8 Å². The first-order valence-corrected chi connectivity index (χ1v) is 6.14. The number of nitrogen functional groups attached to an aromatic ring is 1. The molecule has 1 aromatic carbocycles. The van der Waals surface area contributed by atoms with Crippen LogP contribution < -0.4 is 10.5 Å². The predicted molar refractivity (Wildman–Crippen MR) is 69.9 cm³/mol. The third-order valence-corrected chi connectivity index (χ3v) is 2.94. The van der Waals surface area contributed by atoms with Crippen LogP contribution in [0.1, 0.15) is 13.8 Å². The molecule has 0 aliphatic carbocycles. The first-order chi connectivity index (χ1) is 7.65. The van der Waals surface area contributed by atoms with Gasteiger partial charge in [0.15, 0.2) is 0 Å². The SMILES string of the molecule is CC(C)Oc1ccc(-c2csc(N)c2)cc1. The summed E-state index contributed by atoms with van der Waals surface area (Å²) in [4.78, 5) is 0. The Morgan fingerprint density at radius 2 is 1.81 bits per heavy atom. The fourth-order valence-corrected chi connectivity index (χ4v) is 2.16. The van der Waals surface area contributed by atoms with E-state index in [1.54, 1.807) is 11.3 Å². The van der Waals surface area contributed by atoms with Gasteiger partial charge in [0.25, 0.3) is 0 Å². The van der Waals surface area contributed by atoms with E-state index in [-0.39, 0.29) is 6.10 Å². The molecule has 0 saturated heterocycles. The van der Waals surface area contributed by atoms with Crippen molar-refractivity contribution in [3.05, 3.63) is 35.7 Å². The summed E-state index contributed by atoms with van der Waals surface area (Å²) in [5, 5.41) is 2.91. The van der Waals surface area contributed by atoms with E-state index in [1.165, 1.54) is 11.1 Å². The molecule has 0 radical (unpaired) electrons. The lowest BCUT2D eigenvalue weighted by Gasteiger charge is -2.09. The zero-order valence-corrected chi connectivity index (χ0v) is 10.3. The van der Waals surface area contributed by atoms with Crippen LogP contribution in [0.5, 0.6) is 5.75 Å². The minimum Gasteiger partial charge on any atom is -0.491 e. The summed E-state index contributed by atoms with van der Waals surface area (Å²) in [6.45, 7) is 4.04. The molecule has 0 unspecified atom stereocenters. The number of thiophene rings is 1. The third-order valence-electron chi connectivity index (χ3n) is 2.18. The molecule has 0 aliphatic heterocycles. The maximum atomic E-state index is 5.71. The van der Waals surface area contributed by atoms with Crippen LogP contribution >= 0.6 is 11.3 Å². The monoisotopic (exact) mass is 233 g/mol. The predicted octanol–water partition coefficient (Wildman–Crippen LogP) is 3.78. The first-order valence-electron chi connectivity index (χ1n) is 5.26. The van der Waals surface area contributed by atoms with Crippen LogP contribution in [-0.4, -0.2) is 6.10 Å². The Kier molecular flexibility index (Phi) is 3.15. The Labute approximate surface area is 99.7 Å². The van der Waals surface area contributed by atoms with Crippen LogP contribution in [-0.2, 0) is 0 Å². The molecule has 0 saturated carbocycles. The van der Waals surface area contributed by atoms with Crippen molar-refractivity contribution >= 4 is 16.3 Å². The standard InChI is InChI=1S/C13H15NOS/c1-9(2)15-12-5-3-10(4-6-12)11-7-13(14)16-8-11/h3-9H,14H2,1-2H3. The lowest BCUT2D eigenvalue weighted by atomic mass is 10.1. The maximum Gasteiger partial charge on any atom is 0.119 e. The minimum atomic E-state index is 0.211. The van der Waals surface area contributed by atoms with Gasteiger partial charge in [-0.25, -0.2) is 0 Å². The number of rotatable bonds is 3. The fraction of sp³-hybridized carbons (Fsp3) is 0.231. The van der Waals surface area contributed by atoms with Crippen LogP contribution in [0.15, 0.2) is 35.7 Å². The number of hydrogen-bond donors (Lipinski definition) is 1. The molecule has 2 rings (SSSR count). The van der Waals surface area contributed by atoms with Crippen LogP contribution in [0.4, 0.5) is 5.00 Å². The number of hydrogen-bond acceptors (Lipinski definition) is 3. The molecule has 16 heavy (non-hydrogen) atoms. The molecule has 3 heteroatoms. The summed E-state index contributed by atoms with van der Waals surface area (Å²) in [6.07, 6.45) is 0.211. The van der Waals surface area contributed by atoms with Crippen molar-refractivity contribution in [2.45, 2.75) is 20.0 Å². The summed E-state index contributed by atoms with van der Waals surface area (Å²) in [5.41, 5.74) is 8.04. The Bertz CT molecular complexity index is 459. The average molecular weight is 233 g/mol. The smallest absolute Gasteiger partial charge is 0.119 e. The van der Waals surface area contributed by atoms with E-state index in [1.807, 2.05) is 32.0 Å². The number of benzene rings is 1. The Hall–Kier alpha value is -1.48. The summed E-state index contributed by atoms with van der Waals surface area (Å²) in [7, 11) is 0. The Balaban J connectivity index is 2.19. The van der Waals surface area contributed by atoms with Gasteiger partial charge in [-0.05, 0) is 43.2 Å². The van der Waals surface area contributed by atoms with Gasteiger partial charge in [-0.3, -0.25) is 0 Å². The minimum absolute atomic E-state index is 0.211. The number of anilines is 1. The van der Waals surface area contributed by atoms with E-state index in [9.17, 15) is 0 Å². The second-order valence-electron chi connectivity index (χ2n) is 3.93. The first kappa shape index (κ1) is 11.0. The summed E-state index contributed by atoms with van der Waals surface area (Å²) >= 11 is 1.56. The summed E-state index contributed by atoms with van der Waals surface area (Å²) < 4.78 is 5.59. The van der Waals surface area contributed by atoms with Crippen LogP contribution in [0.2, 0.25) is 0 Å². The van der Waals surface area contributed by atoms with E-state index in [2.05, 4.69) is 17.5 Å². The Morgan fingerprint density at radius 1 is 1.12 bits per heavy atom. The highest BCUT2D eigenvalue weighted by atomic mass is 32.1. The summed E-state index contributed by atoms with van der Waals surface area (Å²) in [5.74, 6) is 0.905. The molecule has 2 aromatic rings. The molecule has 0 amide bonds. The van der Waals surface area contributed by atoms with Gasteiger partial charge in [-0.2, -0.15) is 0 Å². The number of ether oxygens (including phenoxy) is 1. The molecule has 1 heterocycles. The Morgan fingerprint density at radius 3 is 2.31 bits per heavy atom. The van der Waals surface area contributed by atoms with Crippen molar-refractivity contribution in [2.24, 2.45) is 0 Å². The van der Waals surface area contributed by atoms with Crippen LogP contribution in [0.3, 0.4) is 0 Å². The van der Waals surface area contributed by atoms with Crippen molar-refractivity contribution < 1.29 is 4.74 Å². The second-order valence-corrected chi connectivity index (χ2v) is 4.87. The van der Waals surface area contributed by atoms with Crippen LogP contribution in [0.25, 0.3) is 11.1 Å². The quantitative estimate of drug-likeness (QED) is 0.875. The fourth-order valence-electron chi connectivity index (χ4n) is 1.50. The third kappa shape index (κ3) is 2.55. The highest BCUT2D eigenvalue weighted by molar-refractivity contribution is 7.14. The van der Waals surface area contributed by atoms with Gasteiger partial charge in [0.05, 0.1) is 11.1 Å². The zero-order valence-electron chi connectivity index (χ0n) is 9.44. The normalized spacial score (nSPS) is 10.7. The second kappa shape index (κ2) is 4.58. The highest BCUT2D eigenvalue weighted by Crippen LogP contribution is 2.28. The molecule has 2 nitrogen and oxygen atoms in total. The van der Waals surface area contributed by atoms with Crippen molar-refractivity contribution in [1.29, 1.82) is 0 Å². The van der Waals surface area contributed by atoms with Crippen molar-refractivity contribution in [3.8, 4) is 16.9 Å². The van der Waals surface area contributed by atoms with Gasteiger partial charge < -0.3 is 10.5 Å². The molecule has 2 N–H and O–H groups in total. The molecular weight excluding hydrogens is 218 g/mol. The summed E-state index contributed by atoms with van der Waals surface area (Å²) in [6, 6.07) is 10.1. The molecule has 0 atom stereocenters. The highest BCUT2D eigenvalue weighted by Gasteiger charge is 2.02. The lowest BCUT2D eigenvalue weighted by Crippen LogP contribution is -2.05. The van der Waals surface area contributed by atoms with E-state index >= 15 is 0 Å². The van der Waals surface area contributed by atoms with Crippen molar-refractivity contribution in [3.63, 3.8) is 0 Å². The van der Waals surface area contributed by atoms with Crippen molar-refractivity contribution in [2.75, 3.05) is 5.73 Å². The topological polar surface area (TPSA) is 35.2 Å². The van der Waals surface area contributed by atoms with Crippen LogP contribution in [0, 0.1) is 0 Å². The van der Waals surface area contributed by atoms with E-state index in [0.29, 0.717) is 0 Å². The van der Waals surface area contributed by atoms with Gasteiger partial charge in [0.2, 0.25) is 0 Å². The van der Waals surface area contributed by atoms with E-state index < -0.39 is 0 Å². The van der Waals surface area contributed by atoms with Gasteiger partial charge in [0.1, 0.15) is 5.75 Å². The van der Waals surface area contributed by atoms with Gasteiger partial charge >= 0.3 is 0 Å². The van der Waals surface area contributed by atoms with Gasteiger partial charge in [-0.15, -0.1) is 11.3 Å². The molecule has 0 bridgehead atoms. The zero-order chi connectivity index (χ0) is 11.5.